The van der Waals surface area contributed by atoms with Crippen molar-refractivity contribution < 1.29 is 18.0 Å². The second kappa shape index (κ2) is 8.02. The molecule has 0 saturated carbocycles. The lowest BCUT2D eigenvalue weighted by Crippen LogP contribution is -2.48. The van der Waals surface area contributed by atoms with Crippen LogP contribution in [0.4, 0.5) is 10.5 Å². The Morgan fingerprint density at radius 3 is 2.33 bits per heavy atom. The molecule has 158 valence electrons. The van der Waals surface area contributed by atoms with Crippen molar-refractivity contribution in [3.63, 3.8) is 0 Å². The van der Waals surface area contributed by atoms with E-state index in [1.165, 1.54) is 15.3 Å². The van der Waals surface area contributed by atoms with Gasteiger partial charge in [0.1, 0.15) is 6.54 Å². The number of hydrogen-bond donors (Lipinski definition) is 0. The van der Waals surface area contributed by atoms with Crippen LogP contribution in [0.3, 0.4) is 0 Å². The van der Waals surface area contributed by atoms with Crippen LogP contribution < -0.4 is 4.90 Å². The number of amides is 3. The van der Waals surface area contributed by atoms with Gasteiger partial charge in [0.2, 0.25) is 10.0 Å². The number of anilines is 1. The highest BCUT2D eigenvalue weighted by Gasteiger charge is 2.42. The second-order valence-electron chi connectivity index (χ2n) is 7.52. The van der Waals surface area contributed by atoms with Crippen molar-refractivity contribution in [3.05, 3.63) is 59.1 Å². The summed E-state index contributed by atoms with van der Waals surface area (Å²) >= 11 is 6.00. The van der Waals surface area contributed by atoms with E-state index in [-0.39, 0.29) is 42.5 Å². The van der Waals surface area contributed by atoms with Crippen LogP contribution in [0.1, 0.15) is 18.4 Å². The third kappa shape index (κ3) is 3.71. The number of piperidine rings is 1. The Hall–Kier alpha value is -2.42. The van der Waals surface area contributed by atoms with Gasteiger partial charge in [0, 0.05) is 24.2 Å². The van der Waals surface area contributed by atoms with Crippen molar-refractivity contribution >= 4 is 39.2 Å². The molecule has 0 N–H and O–H groups in total. The van der Waals surface area contributed by atoms with E-state index in [1.807, 2.05) is 6.07 Å². The normalized spacial score (nSPS) is 19.0. The highest BCUT2D eigenvalue weighted by molar-refractivity contribution is 7.89. The van der Waals surface area contributed by atoms with Crippen LogP contribution in [0.2, 0.25) is 5.02 Å². The zero-order chi connectivity index (χ0) is 21.5. The number of benzene rings is 2. The smallest absolute Gasteiger partial charge is 0.312 e. The maximum absolute atomic E-state index is 13.1. The highest BCUT2D eigenvalue weighted by atomic mass is 35.5. The van der Waals surface area contributed by atoms with E-state index < -0.39 is 10.0 Å². The van der Waals surface area contributed by atoms with E-state index in [0.717, 1.165) is 0 Å². The average Bonchev–Trinajstić information content (AvgIpc) is 3.04. The fourth-order valence-corrected chi connectivity index (χ4v) is 5.98. The van der Waals surface area contributed by atoms with Crippen molar-refractivity contribution in [1.29, 1.82) is 0 Å². The molecule has 3 amide bonds. The minimum Gasteiger partial charge on any atom is -0.312 e. The maximum Gasteiger partial charge on any atom is 0.332 e. The first-order valence-corrected chi connectivity index (χ1v) is 11.6. The Morgan fingerprint density at radius 1 is 1.00 bits per heavy atom. The number of rotatable bonds is 4. The summed E-state index contributed by atoms with van der Waals surface area (Å²) in [6.45, 7) is 2.31. The zero-order valence-corrected chi connectivity index (χ0v) is 18.1. The van der Waals surface area contributed by atoms with Crippen LogP contribution in [0.15, 0.2) is 53.4 Å². The van der Waals surface area contributed by atoms with Crippen LogP contribution in [-0.2, 0) is 14.8 Å². The van der Waals surface area contributed by atoms with Gasteiger partial charge in [0.05, 0.1) is 10.6 Å². The van der Waals surface area contributed by atoms with Crippen molar-refractivity contribution in [3.8, 4) is 0 Å². The molecule has 2 fully saturated rings. The quantitative estimate of drug-likeness (QED) is 0.674. The Kier molecular flexibility index (Phi) is 5.57. The molecule has 0 atom stereocenters. The number of carbonyl (C=O) groups excluding carboxylic acids is 2. The summed E-state index contributed by atoms with van der Waals surface area (Å²) < 4.78 is 27.6. The standard InChI is InChI=1S/C21H22ClN3O4S/c1-15-7-8-16(22)13-19(15)30(28,29)23-11-9-17(10-12-23)24-14-20(26)25(21(24)27)18-5-3-2-4-6-18/h2-8,13,17H,9-12,14H2,1H3. The van der Waals surface area contributed by atoms with Gasteiger partial charge in [-0.05, 0) is 49.6 Å². The predicted octanol–water partition coefficient (Wildman–Crippen LogP) is 3.27. The zero-order valence-electron chi connectivity index (χ0n) is 16.5. The molecule has 2 aliphatic heterocycles. The fraction of sp³-hybridized carbons (Fsp3) is 0.333. The van der Waals surface area contributed by atoms with Crippen LogP contribution >= 0.6 is 11.6 Å². The van der Waals surface area contributed by atoms with Crippen LogP contribution in [0, 0.1) is 6.92 Å². The molecule has 0 aromatic heterocycles. The minimum absolute atomic E-state index is 0.0124. The van der Waals surface area contributed by atoms with E-state index in [0.29, 0.717) is 29.1 Å². The van der Waals surface area contributed by atoms with Gasteiger partial charge >= 0.3 is 6.03 Å². The number of sulfonamides is 1. The molecule has 9 heteroatoms. The van der Waals surface area contributed by atoms with E-state index in [4.69, 9.17) is 11.6 Å². The minimum atomic E-state index is -3.67. The molecule has 0 unspecified atom stereocenters. The summed E-state index contributed by atoms with van der Waals surface area (Å²) in [7, 11) is -3.67. The average molecular weight is 448 g/mol. The first-order valence-electron chi connectivity index (χ1n) is 9.74. The number of para-hydroxylation sites is 1. The number of imide groups is 1. The Labute approximate surface area is 180 Å². The van der Waals surface area contributed by atoms with Crippen LogP contribution in [0.5, 0.6) is 0 Å². The molecular weight excluding hydrogens is 426 g/mol. The molecule has 30 heavy (non-hydrogen) atoms. The van der Waals surface area contributed by atoms with Gasteiger partial charge in [-0.3, -0.25) is 4.79 Å². The monoisotopic (exact) mass is 447 g/mol. The van der Waals surface area contributed by atoms with E-state index in [2.05, 4.69) is 0 Å². The lowest BCUT2D eigenvalue weighted by atomic mass is 10.1. The van der Waals surface area contributed by atoms with Gasteiger partial charge in [-0.15, -0.1) is 0 Å². The lowest BCUT2D eigenvalue weighted by molar-refractivity contribution is -0.116. The molecule has 2 saturated heterocycles. The number of nitrogens with zero attached hydrogens (tertiary/aromatic N) is 3. The molecule has 0 bridgehead atoms. The summed E-state index contributed by atoms with van der Waals surface area (Å²) in [4.78, 5) is 28.3. The van der Waals surface area contributed by atoms with Crippen molar-refractivity contribution in [1.82, 2.24) is 9.21 Å². The Morgan fingerprint density at radius 2 is 1.67 bits per heavy atom. The first-order chi connectivity index (χ1) is 14.3. The topological polar surface area (TPSA) is 78.0 Å². The summed E-state index contributed by atoms with van der Waals surface area (Å²) in [5, 5.41) is 0.372. The number of urea groups is 1. The molecule has 2 aromatic carbocycles. The van der Waals surface area contributed by atoms with Gasteiger partial charge in [0.15, 0.2) is 0 Å². The van der Waals surface area contributed by atoms with Gasteiger partial charge in [0.25, 0.3) is 5.91 Å². The fourth-order valence-electron chi connectivity index (χ4n) is 4.02. The van der Waals surface area contributed by atoms with Crippen LogP contribution in [0.25, 0.3) is 0 Å². The third-order valence-corrected chi connectivity index (χ3v) is 7.91. The Balaban J connectivity index is 1.47. The number of hydrogen-bond acceptors (Lipinski definition) is 4. The van der Waals surface area contributed by atoms with Gasteiger partial charge in [-0.1, -0.05) is 35.9 Å². The molecule has 7 nitrogen and oxygen atoms in total. The maximum atomic E-state index is 13.1. The molecule has 2 aromatic rings. The summed E-state index contributed by atoms with van der Waals surface area (Å²) in [6, 6.07) is 13.1. The number of halogens is 1. The van der Waals surface area contributed by atoms with Crippen molar-refractivity contribution in [2.24, 2.45) is 0 Å². The molecule has 4 rings (SSSR count). The van der Waals surface area contributed by atoms with E-state index in [1.54, 1.807) is 48.2 Å². The van der Waals surface area contributed by atoms with E-state index >= 15 is 0 Å². The van der Waals surface area contributed by atoms with Crippen molar-refractivity contribution in [2.45, 2.75) is 30.7 Å². The summed E-state index contributed by atoms with van der Waals surface area (Å²) in [6.07, 6.45) is 0.945. The largest absolute Gasteiger partial charge is 0.332 e. The molecule has 0 spiro atoms. The number of carbonyl (C=O) groups is 2. The molecule has 2 aliphatic rings. The number of aryl methyl sites for hydroxylation is 1. The second-order valence-corrected chi connectivity index (χ2v) is 9.86. The van der Waals surface area contributed by atoms with Gasteiger partial charge in [-0.25, -0.2) is 18.1 Å². The van der Waals surface area contributed by atoms with Gasteiger partial charge in [-0.2, -0.15) is 4.31 Å². The SMILES string of the molecule is Cc1ccc(Cl)cc1S(=O)(=O)N1CCC(N2CC(=O)N(c3ccccc3)C2=O)CC1. The predicted molar refractivity (Wildman–Crippen MR) is 114 cm³/mol. The van der Waals surface area contributed by atoms with Gasteiger partial charge < -0.3 is 4.90 Å². The molecule has 2 heterocycles. The lowest BCUT2D eigenvalue weighted by Gasteiger charge is -2.35. The molecule has 0 aliphatic carbocycles. The summed E-state index contributed by atoms with van der Waals surface area (Å²) in [5.41, 5.74) is 1.19. The van der Waals surface area contributed by atoms with Crippen LogP contribution in [-0.4, -0.2) is 55.2 Å². The first kappa shape index (κ1) is 20.8. The highest BCUT2D eigenvalue weighted by Crippen LogP contribution is 2.29. The van der Waals surface area contributed by atoms with Crippen molar-refractivity contribution in [2.75, 3.05) is 24.5 Å². The molecule has 0 radical (unpaired) electrons. The molecular formula is C21H22ClN3O4S. The Bertz CT molecular complexity index is 1080. The summed E-state index contributed by atoms with van der Waals surface area (Å²) in [5.74, 6) is -0.268. The van der Waals surface area contributed by atoms with E-state index in [9.17, 15) is 18.0 Å². The third-order valence-electron chi connectivity index (χ3n) is 5.64.